The Kier molecular flexibility index (Phi) is 4.83. The van der Waals surface area contributed by atoms with E-state index in [0.29, 0.717) is 5.39 Å². The van der Waals surface area contributed by atoms with E-state index >= 15 is 0 Å². The number of hydrogen-bond acceptors (Lipinski definition) is 6. The largest absolute Gasteiger partial charge is 0.459 e. The van der Waals surface area contributed by atoms with E-state index < -0.39 is 29.4 Å². The molecule has 23 heavy (non-hydrogen) atoms. The molecule has 0 radical (unpaired) electrons. The molecule has 0 aliphatic rings. The molecule has 0 unspecified atom stereocenters. The summed E-state index contributed by atoms with van der Waals surface area (Å²) in [6, 6.07) is 6.38. The van der Waals surface area contributed by atoms with Crippen molar-refractivity contribution in [2.45, 2.75) is 39.9 Å². The maximum atomic E-state index is 12.4. The maximum absolute atomic E-state index is 12.4. The van der Waals surface area contributed by atoms with Gasteiger partial charge >= 0.3 is 17.6 Å². The molecule has 2 aromatic rings. The SMILES string of the molecule is CC(C)OC(=O)c1oc(=O)c2ccccc2c1C(=O)OC(C)C. The Labute approximate surface area is 133 Å². The van der Waals surface area contributed by atoms with Gasteiger partial charge in [-0.15, -0.1) is 0 Å². The van der Waals surface area contributed by atoms with Crippen LogP contribution in [0.15, 0.2) is 33.5 Å². The van der Waals surface area contributed by atoms with Crippen LogP contribution in [0.2, 0.25) is 0 Å². The van der Waals surface area contributed by atoms with Gasteiger partial charge in [-0.1, -0.05) is 18.2 Å². The monoisotopic (exact) mass is 318 g/mol. The summed E-state index contributed by atoms with van der Waals surface area (Å²) in [6.07, 6.45) is -0.810. The third-order valence-electron chi connectivity index (χ3n) is 2.91. The molecule has 122 valence electrons. The summed E-state index contributed by atoms with van der Waals surface area (Å²) in [7, 11) is 0. The lowest BCUT2D eigenvalue weighted by Crippen LogP contribution is -2.21. The predicted molar refractivity (Wildman–Crippen MR) is 83.6 cm³/mol. The van der Waals surface area contributed by atoms with Gasteiger partial charge < -0.3 is 13.9 Å². The minimum absolute atomic E-state index is 0.0976. The summed E-state index contributed by atoms with van der Waals surface area (Å²) >= 11 is 0. The molecule has 1 heterocycles. The molecule has 0 saturated heterocycles. The molecule has 0 bridgehead atoms. The maximum Gasteiger partial charge on any atom is 0.375 e. The molecular formula is C17H18O6. The lowest BCUT2D eigenvalue weighted by molar-refractivity contribution is 0.0294. The van der Waals surface area contributed by atoms with E-state index in [1.807, 2.05) is 0 Å². The number of carbonyl (C=O) groups excluding carboxylic acids is 2. The summed E-state index contributed by atoms with van der Waals surface area (Å²) in [4.78, 5) is 36.7. The van der Waals surface area contributed by atoms with E-state index in [0.717, 1.165) is 0 Å². The second-order valence-corrected chi connectivity index (χ2v) is 5.55. The Hall–Kier alpha value is -2.63. The molecule has 6 nitrogen and oxygen atoms in total. The van der Waals surface area contributed by atoms with Crippen molar-refractivity contribution in [3.05, 3.63) is 46.0 Å². The fourth-order valence-corrected chi connectivity index (χ4v) is 2.09. The molecule has 0 atom stereocenters. The molecular weight excluding hydrogens is 300 g/mol. The summed E-state index contributed by atoms with van der Waals surface area (Å²) in [6.45, 7) is 6.68. The Balaban J connectivity index is 2.72. The number of esters is 2. The molecule has 0 amide bonds. The standard InChI is InChI=1S/C17H18O6/c1-9(2)21-16(19)13-11-7-5-6-8-12(11)15(18)23-14(13)17(20)22-10(3)4/h5-10H,1-4H3. The van der Waals surface area contributed by atoms with Crippen LogP contribution in [0.1, 0.15) is 48.6 Å². The first kappa shape index (κ1) is 16.7. The van der Waals surface area contributed by atoms with Crippen molar-refractivity contribution in [1.82, 2.24) is 0 Å². The van der Waals surface area contributed by atoms with Gasteiger partial charge in [0.05, 0.1) is 17.6 Å². The number of benzene rings is 1. The van der Waals surface area contributed by atoms with Crippen molar-refractivity contribution in [3.63, 3.8) is 0 Å². The van der Waals surface area contributed by atoms with Crippen LogP contribution >= 0.6 is 0 Å². The average molecular weight is 318 g/mol. The van der Waals surface area contributed by atoms with E-state index in [1.54, 1.807) is 45.9 Å². The number of carbonyl (C=O) groups is 2. The third-order valence-corrected chi connectivity index (χ3v) is 2.91. The first-order valence-electron chi connectivity index (χ1n) is 7.29. The van der Waals surface area contributed by atoms with Crippen LogP contribution in [-0.4, -0.2) is 24.1 Å². The van der Waals surface area contributed by atoms with Crippen LogP contribution in [0.5, 0.6) is 0 Å². The number of rotatable bonds is 4. The van der Waals surface area contributed by atoms with Gasteiger partial charge in [-0.3, -0.25) is 0 Å². The Morgan fingerprint density at radius 2 is 1.43 bits per heavy atom. The van der Waals surface area contributed by atoms with Crippen molar-refractivity contribution >= 4 is 22.7 Å². The molecule has 0 fully saturated rings. The highest BCUT2D eigenvalue weighted by Gasteiger charge is 2.28. The highest BCUT2D eigenvalue weighted by Crippen LogP contribution is 2.22. The molecule has 2 rings (SSSR count). The van der Waals surface area contributed by atoms with Crippen LogP contribution in [0, 0.1) is 0 Å². The summed E-state index contributed by atoms with van der Waals surface area (Å²) in [5.41, 5.74) is -0.808. The van der Waals surface area contributed by atoms with Crippen molar-refractivity contribution in [1.29, 1.82) is 0 Å². The molecule has 0 saturated carbocycles. The van der Waals surface area contributed by atoms with E-state index in [2.05, 4.69) is 0 Å². The van der Waals surface area contributed by atoms with Crippen LogP contribution < -0.4 is 5.63 Å². The molecule has 0 spiro atoms. The van der Waals surface area contributed by atoms with Gasteiger partial charge in [-0.05, 0) is 33.8 Å². The van der Waals surface area contributed by atoms with Gasteiger partial charge in [0.25, 0.3) is 0 Å². The Morgan fingerprint density at radius 1 is 0.913 bits per heavy atom. The van der Waals surface area contributed by atoms with E-state index in [-0.39, 0.29) is 17.1 Å². The van der Waals surface area contributed by atoms with Crippen LogP contribution in [0.4, 0.5) is 0 Å². The van der Waals surface area contributed by atoms with Crippen molar-refractivity contribution in [2.24, 2.45) is 0 Å². The highest BCUT2D eigenvalue weighted by molar-refractivity contribution is 6.10. The second kappa shape index (κ2) is 6.64. The van der Waals surface area contributed by atoms with Crippen molar-refractivity contribution < 1.29 is 23.5 Å². The summed E-state index contributed by atoms with van der Waals surface area (Å²) in [5, 5.41) is 0.495. The Bertz CT molecular complexity index is 800. The third kappa shape index (κ3) is 3.59. The first-order valence-corrected chi connectivity index (χ1v) is 7.29. The first-order chi connectivity index (χ1) is 10.8. The zero-order valence-corrected chi connectivity index (χ0v) is 13.4. The van der Waals surface area contributed by atoms with E-state index in [4.69, 9.17) is 13.9 Å². The Morgan fingerprint density at radius 3 is 2.00 bits per heavy atom. The quantitative estimate of drug-likeness (QED) is 0.806. The molecule has 0 aliphatic carbocycles. The lowest BCUT2D eigenvalue weighted by atomic mass is 10.1. The van der Waals surface area contributed by atoms with Crippen LogP contribution in [-0.2, 0) is 9.47 Å². The lowest BCUT2D eigenvalue weighted by Gasteiger charge is -2.13. The van der Waals surface area contributed by atoms with E-state index in [9.17, 15) is 14.4 Å². The van der Waals surface area contributed by atoms with Gasteiger partial charge in [0.1, 0.15) is 5.56 Å². The fourth-order valence-electron chi connectivity index (χ4n) is 2.09. The molecule has 1 aromatic heterocycles. The zero-order valence-electron chi connectivity index (χ0n) is 13.4. The predicted octanol–water partition coefficient (Wildman–Crippen LogP) is 2.92. The van der Waals surface area contributed by atoms with E-state index in [1.165, 1.54) is 6.07 Å². The smallest absolute Gasteiger partial charge is 0.375 e. The van der Waals surface area contributed by atoms with Gasteiger partial charge in [0, 0.05) is 5.39 Å². The van der Waals surface area contributed by atoms with Gasteiger partial charge in [0.15, 0.2) is 0 Å². The molecule has 1 aromatic carbocycles. The average Bonchev–Trinajstić information content (AvgIpc) is 2.45. The highest BCUT2D eigenvalue weighted by atomic mass is 16.6. The van der Waals surface area contributed by atoms with Crippen LogP contribution in [0.3, 0.4) is 0 Å². The minimum Gasteiger partial charge on any atom is -0.459 e. The van der Waals surface area contributed by atoms with Crippen molar-refractivity contribution in [2.75, 3.05) is 0 Å². The minimum atomic E-state index is -0.876. The van der Waals surface area contributed by atoms with Gasteiger partial charge in [0.2, 0.25) is 5.76 Å². The fraction of sp³-hybridized carbons (Fsp3) is 0.353. The zero-order chi connectivity index (χ0) is 17.1. The second-order valence-electron chi connectivity index (χ2n) is 5.55. The normalized spacial score (nSPS) is 11.0. The van der Waals surface area contributed by atoms with Crippen LogP contribution in [0.25, 0.3) is 10.8 Å². The van der Waals surface area contributed by atoms with Crippen molar-refractivity contribution in [3.8, 4) is 0 Å². The number of ether oxygens (including phenoxy) is 2. The van der Waals surface area contributed by atoms with Gasteiger partial charge in [-0.2, -0.15) is 0 Å². The number of hydrogen-bond donors (Lipinski definition) is 0. The molecule has 6 heteroatoms. The molecule has 0 aliphatic heterocycles. The number of fused-ring (bicyclic) bond motifs is 1. The molecule has 0 N–H and O–H groups in total. The summed E-state index contributed by atoms with van der Waals surface area (Å²) in [5.74, 6) is -2.05. The van der Waals surface area contributed by atoms with Gasteiger partial charge in [-0.25, -0.2) is 14.4 Å². The summed E-state index contributed by atoms with van der Waals surface area (Å²) < 4.78 is 15.3. The topological polar surface area (TPSA) is 82.8 Å².